The molecule has 0 N–H and O–H groups in total. The number of fused-ring (bicyclic) bond motifs is 1. The summed E-state index contributed by atoms with van der Waals surface area (Å²) in [5.74, 6) is -3.05. The largest absolute Gasteiger partial charge is 0.468 e. The van der Waals surface area contributed by atoms with Gasteiger partial charge in [-0.15, -0.1) is 0 Å². The SMILES string of the molecule is COC(=O)C(C(=O)OC)c1c(-c2ccccn2)oc(=O)c2ccccc12. The average molecular weight is 353 g/mol. The summed E-state index contributed by atoms with van der Waals surface area (Å²) in [5, 5.41) is 0.630. The molecule has 0 unspecified atom stereocenters. The van der Waals surface area contributed by atoms with Crippen molar-refractivity contribution in [2.24, 2.45) is 0 Å². The number of esters is 2. The molecule has 3 aromatic rings. The molecular formula is C19H15NO6. The number of ether oxygens (including phenoxy) is 2. The van der Waals surface area contributed by atoms with Crippen LogP contribution in [0, 0.1) is 0 Å². The summed E-state index contributed by atoms with van der Waals surface area (Å²) in [6.45, 7) is 0. The first-order valence-electron chi connectivity index (χ1n) is 7.71. The van der Waals surface area contributed by atoms with E-state index in [1.165, 1.54) is 20.4 Å². The highest BCUT2D eigenvalue weighted by atomic mass is 16.5. The summed E-state index contributed by atoms with van der Waals surface area (Å²) in [6.07, 6.45) is 1.51. The summed E-state index contributed by atoms with van der Waals surface area (Å²) in [6, 6.07) is 11.6. The van der Waals surface area contributed by atoms with Crippen molar-refractivity contribution in [1.29, 1.82) is 0 Å². The van der Waals surface area contributed by atoms with Crippen LogP contribution in [-0.4, -0.2) is 31.1 Å². The number of nitrogens with zero attached hydrogens (tertiary/aromatic N) is 1. The summed E-state index contributed by atoms with van der Waals surface area (Å²) in [5.41, 5.74) is -0.112. The first-order valence-corrected chi connectivity index (χ1v) is 7.71. The van der Waals surface area contributed by atoms with Crippen LogP contribution < -0.4 is 5.63 Å². The first-order chi connectivity index (χ1) is 12.6. The summed E-state index contributed by atoms with van der Waals surface area (Å²) in [7, 11) is 2.33. The second kappa shape index (κ2) is 7.18. The molecule has 0 fully saturated rings. The van der Waals surface area contributed by atoms with Gasteiger partial charge in [0.2, 0.25) is 0 Å². The number of rotatable bonds is 4. The molecule has 3 rings (SSSR count). The Morgan fingerprint density at radius 3 is 2.15 bits per heavy atom. The monoisotopic (exact) mass is 353 g/mol. The summed E-state index contributed by atoms with van der Waals surface area (Å²) in [4.78, 5) is 41.3. The Labute approximate surface area is 148 Å². The Balaban J connectivity index is 2.44. The van der Waals surface area contributed by atoms with Crippen LogP contribution in [0.2, 0.25) is 0 Å². The first kappa shape index (κ1) is 17.3. The fraction of sp³-hybridized carbons (Fsp3) is 0.158. The molecule has 0 aliphatic rings. The maximum absolute atomic E-state index is 12.4. The second-order valence-corrected chi connectivity index (χ2v) is 5.37. The van der Waals surface area contributed by atoms with Crippen molar-refractivity contribution >= 4 is 22.7 Å². The second-order valence-electron chi connectivity index (χ2n) is 5.37. The normalized spacial score (nSPS) is 10.7. The summed E-state index contributed by atoms with van der Waals surface area (Å²) >= 11 is 0. The van der Waals surface area contributed by atoms with Gasteiger partial charge in [0, 0.05) is 11.8 Å². The zero-order valence-corrected chi connectivity index (χ0v) is 14.1. The molecule has 132 valence electrons. The Kier molecular flexibility index (Phi) is 4.79. The molecule has 0 atom stereocenters. The molecule has 7 heteroatoms. The predicted molar refractivity (Wildman–Crippen MR) is 92.5 cm³/mol. The van der Waals surface area contributed by atoms with Crippen LogP contribution >= 0.6 is 0 Å². The molecular weight excluding hydrogens is 338 g/mol. The van der Waals surface area contributed by atoms with Gasteiger partial charge in [-0.1, -0.05) is 24.3 Å². The maximum Gasteiger partial charge on any atom is 0.344 e. The average Bonchev–Trinajstić information content (AvgIpc) is 2.69. The summed E-state index contributed by atoms with van der Waals surface area (Å²) < 4.78 is 15.0. The van der Waals surface area contributed by atoms with Crippen molar-refractivity contribution < 1.29 is 23.5 Å². The number of pyridine rings is 1. The van der Waals surface area contributed by atoms with Gasteiger partial charge in [0.15, 0.2) is 11.7 Å². The standard InChI is InChI=1S/C19H15NO6/c1-24-18(22)15(19(23)25-2)14-11-7-3-4-8-12(11)17(21)26-16(14)13-9-5-6-10-20-13/h3-10,15H,1-2H3. The number of carbonyl (C=O) groups is 2. The molecule has 0 aliphatic heterocycles. The number of aromatic nitrogens is 1. The Bertz CT molecular complexity index is 1010. The fourth-order valence-corrected chi connectivity index (χ4v) is 2.76. The minimum Gasteiger partial charge on any atom is -0.468 e. The van der Waals surface area contributed by atoms with Gasteiger partial charge in [0.05, 0.1) is 19.6 Å². The molecule has 2 aromatic heterocycles. The van der Waals surface area contributed by atoms with Gasteiger partial charge in [-0.2, -0.15) is 0 Å². The quantitative estimate of drug-likeness (QED) is 0.524. The van der Waals surface area contributed by atoms with Crippen LogP contribution in [-0.2, 0) is 19.1 Å². The molecule has 7 nitrogen and oxygen atoms in total. The van der Waals surface area contributed by atoms with Crippen molar-refractivity contribution in [1.82, 2.24) is 4.98 Å². The van der Waals surface area contributed by atoms with Crippen LogP contribution in [0.3, 0.4) is 0 Å². The third-order valence-electron chi connectivity index (χ3n) is 3.94. The molecule has 26 heavy (non-hydrogen) atoms. The zero-order chi connectivity index (χ0) is 18.7. The Morgan fingerprint density at radius 1 is 0.962 bits per heavy atom. The van der Waals surface area contributed by atoms with E-state index in [0.29, 0.717) is 11.1 Å². The molecule has 0 saturated heterocycles. The maximum atomic E-state index is 12.4. The molecule has 1 aromatic carbocycles. The smallest absolute Gasteiger partial charge is 0.344 e. The molecule has 0 radical (unpaired) electrons. The van der Waals surface area contributed by atoms with E-state index in [0.717, 1.165) is 0 Å². The van der Waals surface area contributed by atoms with Gasteiger partial charge < -0.3 is 13.9 Å². The highest BCUT2D eigenvalue weighted by Gasteiger charge is 2.36. The van der Waals surface area contributed by atoms with E-state index in [1.807, 2.05) is 0 Å². The van der Waals surface area contributed by atoms with Crippen molar-refractivity contribution in [3.05, 3.63) is 64.6 Å². The third kappa shape index (κ3) is 2.95. The zero-order valence-electron chi connectivity index (χ0n) is 14.1. The molecule has 0 bridgehead atoms. The number of benzene rings is 1. The van der Waals surface area contributed by atoms with Crippen LogP contribution in [0.5, 0.6) is 0 Å². The minimum absolute atomic E-state index is 0.0232. The predicted octanol–water partition coefficient (Wildman–Crippen LogP) is 2.28. The number of hydrogen-bond acceptors (Lipinski definition) is 7. The van der Waals surface area contributed by atoms with Gasteiger partial charge in [0.25, 0.3) is 0 Å². The fourth-order valence-electron chi connectivity index (χ4n) is 2.76. The van der Waals surface area contributed by atoms with E-state index in [9.17, 15) is 14.4 Å². The van der Waals surface area contributed by atoms with E-state index in [-0.39, 0.29) is 16.7 Å². The van der Waals surface area contributed by atoms with Crippen molar-refractivity contribution in [3.63, 3.8) is 0 Å². The van der Waals surface area contributed by atoms with Crippen molar-refractivity contribution in [2.75, 3.05) is 14.2 Å². The van der Waals surface area contributed by atoms with Crippen LogP contribution in [0.15, 0.2) is 57.9 Å². The number of methoxy groups -OCH3 is 2. The Morgan fingerprint density at radius 2 is 1.58 bits per heavy atom. The Hall–Kier alpha value is -3.48. The topological polar surface area (TPSA) is 95.7 Å². The van der Waals surface area contributed by atoms with Crippen LogP contribution in [0.1, 0.15) is 11.5 Å². The van der Waals surface area contributed by atoms with Gasteiger partial charge in [-0.3, -0.25) is 14.6 Å². The number of hydrogen-bond donors (Lipinski definition) is 0. The van der Waals surface area contributed by atoms with E-state index in [4.69, 9.17) is 13.9 Å². The van der Waals surface area contributed by atoms with E-state index in [1.54, 1.807) is 42.5 Å². The lowest BCUT2D eigenvalue weighted by molar-refractivity contribution is -0.154. The van der Waals surface area contributed by atoms with Crippen molar-refractivity contribution in [3.8, 4) is 11.5 Å². The molecule has 0 saturated carbocycles. The minimum atomic E-state index is -1.42. The van der Waals surface area contributed by atoms with E-state index in [2.05, 4.69) is 4.98 Å². The molecule has 0 spiro atoms. The van der Waals surface area contributed by atoms with Gasteiger partial charge in [-0.05, 0) is 23.6 Å². The highest BCUT2D eigenvalue weighted by Crippen LogP contribution is 2.34. The lowest BCUT2D eigenvalue weighted by Gasteiger charge is -2.17. The molecule has 2 heterocycles. The van der Waals surface area contributed by atoms with Gasteiger partial charge >= 0.3 is 17.6 Å². The third-order valence-corrected chi connectivity index (χ3v) is 3.94. The highest BCUT2D eigenvalue weighted by molar-refractivity contribution is 6.06. The van der Waals surface area contributed by atoms with E-state index < -0.39 is 23.5 Å². The van der Waals surface area contributed by atoms with E-state index >= 15 is 0 Å². The van der Waals surface area contributed by atoms with Crippen LogP contribution in [0.25, 0.3) is 22.2 Å². The lowest BCUT2D eigenvalue weighted by Crippen LogP contribution is -2.26. The van der Waals surface area contributed by atoms with Gasteiger partial charge in [0.1, 0.15) is 5.69 Å². The molecule has 0 amide bonds. The lowest BCUT2D eigenvalue weighted by atomic mass is 9.92. The van der Waals surface area contributed by atoms with Gasteiger partial charge in [-0.25, -0.2) is 4.79 Å². The number of carbonyl (C=O) groups excluding carboxylic acids is 2. The molecule has 0 aliphatic carbocycles. The van der Waals surface area contributed by atoms with Crippen LogP contribution in [0.4, 0.5) is 0 Å². The van der Waals surface area contributed by atoms with Crippen molar-refractivity contribution in [2.45, 2.75) is 5.92 Å².